The molecule has 1 amide bonds. The second kappa shape index (κ2) is 6.92. The van der Waals surface area contributed by atoms with Crippen molar-refractivity contribution in [3.63, 3.8) is 0 Å². The highest BCUT2D eigenvalue weighted by Crippen LogP contribution is 2.31. The molecule has 0 saturated carbocycles. The molecule has 2 aromatic heterocycles. The lowest BCUT2D eigenvalue weighted by Crippen LogP contribution is -2.39. The van der Waals surface area contributed by atoms with E-state index in [2.05, 4.69) is 14.9 Å². The largest absolute Gasteiger partial charge is 0.333 e. The van der Waals surface area contributed by atoms with Crippen LogP contribution in [-0.4, -0.2) is 61.4 Å². The Bertz CT molecular complexity index is 752. The number of hydrogen-bond donors (Lipinski definition) is 0. The number of carbonyl (C=O) groups excluding carboxylic acids is 1. The number of aromatic nitrogens is 4. The summed E-state index contributed by atoms with van der Waals surface area (Å²) in [6, 6.07) is 0.0337. The summed E-state index contributed by atoms with van der Waals surface area (Å²) in [4.78, 5) is 30.4. The maximum atomic E-state index is 12.8. The van der Waals surface area contributed by atoms with Gasteiger partial charge in [0.15, 0.2) is 5.82 Å². The van der Waals surface area contributed by atoms with Crippen molar-refractivity contribution in [1.82, 2.24) is 29.3 Å². The molecular formula is C18H24N6O. The molecule has 1 atom stereocenters. The third-order valence-electron chi connectivity index (χ3n) is 5.19. The average Bonchev–Trinajstić information content (AvgIpc) is 3.36. The molecule has 0 aliphatic carbocycles. The Morgan fingerprint density at radius 3 is 2.80 bits per heavy atom. The smallest absolute Gasteiger partial charge is 0.237 e. The van der Waals surface area contributed by atoms with Gasteiger partial charge < -0.3 is 4.90 Å². The molecule has 0 bridgehead atoms. The van der Waals surface area contributed by atoms with Gasteiger partial charge >= 0.3 is 0 Å². The Balaban J connectivity index is 1.54. The summed E-state index contributed by atoms with van der Waals surface area (Å²) in [6.07, 6.45) is 11.5. The van der Waals surface area contributed by atoms with Crippen LogP contribution < -0.4 is 0 Å². The SMILES string of the molecule is Cc1nccn1-c1cncc([C@H]2CCCN2C(=O)CN2CCCC2)n1. The van der Waals surface area contributed by atoms with Crippen molar-refractivity contribution in [2.24, 2.45) is 0 Å². The number of rotatable bonds is 4. The lowest BCUT2D eigenvalue weighted by atomic mass is 10.1. The number of imidazole rings is 1. The molecule has 2 aromatic rings. The van der Waals surface area contributed by atoms with Crippen molar-refractivity contribution >= 4 is 5.91 Å². The van der Waals surface area contributed by atoms with E-state index in [-0.39, 0.29) is 11.9 Å². The van der Waals surface area contributed by atoms with Crippen LogP contribution in [0.25, 0.3) is 5.82 Å². The van der Waals surface area contributed by atoms with Crippen molar-refractivity contribution in [3.05, 3.63) is 36.3 Å². The van der Waals surface area contributed by atoms with Crippen LogP contribution in [0.15, 0.2) is 24.8 Å². The van der Waals surface area contributed by atoms with Crippen LogP contribution in [0, 0.1) is 6.92 Å². The third kappa shape index (κ3) is 3.28. The normalized spacial score (nSPS) is 21.2. The molecule has 2 saturated heterocycles. The molecule has 0 N–H and O–H groups in total. The Morgan fingerprint density at radius 1 is 1.20 bits per heavy atom. The highest BCUT2D eigenvalue weighted by atomic mass is 16.2. The molecular weight excluding hydrogens is 316 g/mol. The molecule has 0 unspecified atom stereocenters. The summed E-state index contributed by atoms with van der Waals surface area (Å²) in [5.74, 6) is 1.85. The van der Waals surface area contributed by atoms with Crippen LogP contribution in [-0.2, 0) is 4.79 Å². The molecule has 0 spiro atoms. The topological polar surface area (TPSA) is 67.2 Å². The van der Waals surface area contributed by atoms with Gasteiger partial charge in [0, 0.05) is 18.9 Å². The molecule has 25 heavy (non-hydrogen) atoms. The average molecular weight is 340 g/mol. The van der Waals surface area contributed by atoms with Crippen molar-refractivity contribution in [2.45, 2.75) is 38.6 Å². The van der Waals surface area contributed by atoms with Gasteiger partial charge in [-0.2, -0.15) is 0 Å². The van der Waals surface area contributed by atoms with Gasteiger partial charge in [-0.1, -0.05) is 0 Å². The second-order valence-electron chi connectivity index (χ2n) is 6.88. The van der Waals surface area contributed by atoms with E-state index in [0.717, 1.165) is 49.8 Å². The molecule has 0 aromatic carbocycles. The number of aryl methyl sites for hydroxylation is 1. The summed E-state index contributed by atoms with van der Waals surface area (Å²) >= 11 is 0. The molecule has 2 fully saturated rings. The number of likely N-dealkylation sites (tertiary alicyclic amines) is 2. The van der Waals surface area contributed by atoms with E-state index in [1.807, 2.05) is 22.6 Å². The first-order valence-corrected chi connectivity index (χ1v) is 9.06. The summed E-state index contributed by atoms with van der Waals surface area (Å²) in [7, 11) is 0. The van der Waals surface area contributed by atoms with E-state index < -0.39 is 0 Å². The molecule has 0 radical (unpaired) electrons. The fraction of sp³-hybridized carbons (Fsp3) is 0.556. The fourth-order valence-electron chi connectivity index (χ4n) is 3.86. The number of carbonyl (C=O) groups is 1. The van der Waals surface area contributed by atoms with Crippen molar-refractivity contribution in [3.8, 4) is 5.82 Å². The molecule has 2 aliphatic heterocycles. The first-order valence-electron chi connectivity index (χ1n) is 9.06. The number of nitrogens with zero attached hydrogens (tertiary/aromatic N) is 6. The van der Waals surface area contributed by atoms with Crippen molar-refractivity contribution < 1.29 is 4.79 Å². The molecule has 7 nitrogen and oxygen atoms in total. The van der Waals surface area contributed by atoms with E-state index >= 15 is 0 Å². The summed E-state index contributed by atoms with van der Waals surface area (Å²) in [5, 5.41) is 0. The highest BCUT2D eigenvalue weighted by molar-refractivity contribution is 5.79. The van der Waals surface area contributed by atoms with Crippen LogP contribution in [0.2, 0.25) is 0 Å². The summed E-state index contributed by atoms with van der Waals surface area (Å²) in [6.45, 7) is 5.37. The van der Waals surface area contributed by atoms with Crippen LogP contribution >= 0.6 is 0 Å². The molecule has 4 rings (SSSR count). The molecule has 7 heteroatoms. The first kappa shape index (κ1) is 16.2. The minimum atomic E-state index is 0.0337. The van der Waals surface area contributed by atoms with Crippen LogP contribution in [0.3, 0.4) is 0 Å². The van der Waals surface area contributed by atoms with Gasteiger partial charge in [-0.05, 0) is 45.7 Å². The standard InChI is InChI=1S/C18H24N6O/c1-14-20-6-10-23(14)17-12-19-11-15(21-17)16-5-4-9-24(16)18(25)13-22-7-2-3-8-22/h6,10-12,16H,2-5,7-9,13H2,1H3/t16-/m1/s1. The molecule has 132 valence electrons. The summed E-state index contributed by atoms with van der Waals surface area (Å²) < 4.78 is 1.92. The predicted octanol–water partition coefficient (Wildman–Crippen LogP) is 1.73. The third-order valence-corrected chi connectivity index (χ3v) is 5.19. The van der Waals surface area contributed by atoms with Gasteiger partial charge in [0.1, 0.15) is 5.82 Å². The minimum absolute atomic E-state index is 0.0337. The Morgan fingerprint density at radius 2 is 2.04 bits per heavy atom. The Hall–Kier alpha value is -2.28. The zero-order valence-electron chi connectivity index (χ0n) is 14.6. The quantitative estimate of drug-likeness (QED) is 0.848. The van der Waals surface area contributed by atoms with Gasteiger partial charge in [-0.3, -0.25) is 19.2 Å². The van der Waals surface area contributed by atoms with Crippen molar-refractivity contribution in [1.29, 1.82) is 0 Å². The lowest BCUT2D eigenvalue weighted by molar-refractivity contribution is -0.133. The Labute approximate surface area is 147 Å². The minimum Gasteiger partial charge on any atom is -0.333 e. The highest BCUT2D eigenvalue weighted by Gasteiger charge is 2.32. The van der Waals surface area contributed by atoms with E-state index in [1.165, 1.54) is 12.8 Å². The van der Waals surface area contributed by atoms with Crippen LogP contribution in [0.1, 0.15) is 43.2 Å². The predicted molar refractivity (Wildman–Crippen MR) is 93.3 cm³/mol. The Kier molecular flexibility index (Phi) is 4.48. The maximum absolute atomic E-state index is 12.8. The second-order valence-corrected chi connectivity index (χ2v) is 6.88. The first-order chi connectivity index (χ1) is 12.2. The van der Waals surface area contributed by atoms with E-state index in [4.69, 9.17) is 4.98 Å². The lowest BCUT2D eigenvalue weighted by Gasteiger charge is -2.26. The van der Waals surface area contributed by atoms with Gasteiger partial charge in [0.05, 0.1) is 30.7 Å². The monoisotopic (exact) mass is 340 g/mol. The number of amides is 1. The van der Waals surface area contributed by atoms with E-state index in [0.29, 0.717) is 6.54 Å². The van der Waals surface area contributed by atoms with Gasteiger partial charge in [-0.15, -0.1) is 0 Å². The van der Waals surface area contributed by atoms with Crippen LogP contribution in [0.5, 0.6) is 0 Å². The van der Waals surface area contributed by atoms with Crippen molar-refractivity contribution in [2.75, 3.05) is 26.2 Å². The number of hydrogen-bond acceptors (Lipinski definition) is 5. The van der Waals surface area contributed by atoms with Gasteiger partial charge in [-0.25, -0.2) is 9.97 Å². The zero-order chi connectivity index (χ0) is 17.2. The molecule has 4 heterocycles. The maximum Gasteiger partial charge on any atom is 0.237 e. The van der Waals surface area contributed by atoms with Gasteiger partial charge in [0.2, 0.25) is 5.91 Å². The summed E-state index contributed by atoms with van der Waals surface area (Å²) in [5.41, 5.74) is 0.873. The van der Waals surface area contributed by atoms with E-state index in [1.54, 1.807) is 18.6 Å². The van der Waals surface area contributed by atoms with Crippen LogP contribution in [0.4, 0.5) is 0 Å². The fourth-order valence-corrected chi connectivity index (χ4v) is 3.86. The zero-order valence-corrected chi connectivity index (χ0v) is 14.6. The van der Waals surface area contributed by atoms with Gasteiger partial charge in [0.25, 0.3) is 0 Å². The van der Waals surface area contributed by atoms with E-state index in [9.17, 15) is 4.79 Å². The molecule has 2 aliphatic rings.